The fourth-order valence-corrected chi connectivity index (χ4v) is 6.11. The van der Waals surface area contributed by atoms with Crippen molar-refractivity contribution in [3.8, 4) is 45.3 Å². The highest BCUT2D eigenvalue weighted by molar-refractivity contribution is 7.90. The van der Waals surface area contributed by atoms with Gasteiger partial charge in [0.05, 0.1) is 40.0 Å². The molecule has 1 N–H and O–H groups in total. The first-order valence-electron chi connectivity index (χ1n) is 12.9. The molecule has 3 aromatic carbocycles. The van der Waals surface area contributed by atoms with E-state index in [4.69, 9.17) is 0 Å². The molecule has 0 bridgehead atoms. The van der Waals surface area contributed by atoms with Crippen LogP contribution in [0.25, 0.3) is 33.8 Å². The number of benzene rings is 3. The van der Waals surface area contributed by atoms with E-state index in [2.05, 4.69) is 19.6 Å². The fraction of sp³-hybridized carbons (Fsp3) is 0.200. The lowest BCUT2D eigenvalue weighted by molar-refractivity contribution is -0.286. The van der Waals surface area contributed by atoms with Crippen molar-refractivity contribution < 1.29 is 31.8 Å². The first kappa shape index (κ1) is 27.6. The van der Waals surface area contributed by atoms with Crippen molar-refractivity contribution in [3.63, 3.8) is 0 Å². The van der Waals surface area contributed by atoms with Gasteiger partial charge in [-0.2, -0.15) is 5.10 Å². The largest absolute Gasteiger partial charge is 0.586 e. The number of aliphatic hydroxyl groups excluding tert-OH is 1. The second-order valence-corrected chi connectivity index (χ2v) is 12.1. The molecular formula is C30H26F2N4O5S. The van der Waals surface area contributed by atoms with E-state index in [-0.39, 0.29) is 16.4 Å². The van der Waals surface area contributed by atoms with Gasteiger partial charge in [0.15, 0.2) is 21.3 Å². The maximum Gasteiger partial charge on any atom is 0.586 e. The number of imidazole rings is 1. The minimum absolute atomic E-state index is 0.0484. The molecule has 9 nitrogen and oxygen atoms in total. The zero-order chi connectivity index (χ0) is 30.0. The van der Waals surface area contributed by atoms with E-state index in [1.165, 1.54) is 12.1 Å². The van der Waals surface area contributed by atoms with Crippen LogP contribution in [0.1, 0.15) is 22.8 Å². The van der Waals surface area contributed by atoms with Crippen LogP contribution in [0.3, 0.4) is 0 Å². The van der Waals surface area contributed by atoms with Gasteiger partial charge in [0.2, 0.25) is 0 Å². The molecule has 42 heavy (non-hydrogen) atoms. The van der Waals surface area contributed by atoms with Gasteiger partial charge in [0, 0.05) is 24.1 Å². The molecule has 1 aliphatic rings. The minimum Gasteiger partial charge on any atom is -0.395 e. The lowest BCUT2D eigenvalue weighted by atomic mass is 9.98. The summed E-state index contributed by atoms with van der Waals surface area (Å²) < 4.78 is 65.2. The van der Waals surface area contributed by atoms with Gasteiger partial charge in [-0.25, -0.2) is 18.1 Å². The Kier molecular flexibility index (Phi) is 6.43. The molecule has 0 fully saturated rings. The maximum atomic E-state index is 13.7. The third kappa shape index (κ3) is 4.92. The fourth-order valence-electron chi connectivity index (χ4n) is 5.16. The predicted molar refractivity (Wildman–Crippen MR) is 151 cm³/mol. The van der Waals surface area contributed by atoms with Gasteiger partial charge in [-0.15, -0.1) is 8.78 Å². The average Bonchev–Trinajstić information content (AvgIpc) is 3.58. The summed E-state index contributed by atoms with van der Waals surface area (Å²) in [5.41, 5.74) is 5.78. The Morgan fingerprint density at radius 3 is 2.31 bits per heavy atom. The molecule has 5 aromatic rings. The van der Waals surface area contributed by atoms with E-state index in [1.54, 1.807) is 28.9 Å². The Bertz CT molecular complexity index is 1980. The number of aryl methyl sites for hydroxylation is 3. The molecule has 0 amide bonds. The maximum absolute atomic E-state index is 13.7. The number of rotatable bonds is 6. The molecule has 0 saturated heterocycles. The summed E-state index contributed by atoms with van der Waals surface area (Å²) in [6.45, 7) is 5.19. The van der Waals surface area contributed by atoms with Gasteiger partial charge >= 0.3 is 6.29 Å². The Balaban J connectivity index is 1.57. The van der Waals surface area contributed by atoms with Crippen LogP contribution in [0.4, 0.5) is 8.78 Å². The summed E-state index contributed by atoms with van der Waals surface area (Å²) >= 11 is 0. The zero-order valence-corrected chi connectivity index (χ0v) is 23.9. The molecule has 0 radical (unpaired) electrons. The molecule has 6 rings (SSSR count). The van der Waals surface area contributed by atoms with Gasteiger partial charge in [-0.1, -0.05) is 18.2 Å². The zero-order valence-electron chi connectivity index (χ0n) is 23.1. The number of sulfone groups is 1. The summed E-state index contributed by atoms with van der Waals surface area (Å²) in [7, 11) is -3.61. The van der Waals surface area contributed by atoms with E-state index < -0.39 is 22.7 Å². The molecular weight excluding hydrogens is 566 g/mol. The molecule has 0 unspecified atom stereocenters. The number of hydrogen-bond donors (Lipinski definition) is 1. The van der Waals surface area contributed by atoms with Gasteiger partial charge < -0.3 is 19.1 Å². The summed E-state index contributed by atoms with van der Waals surface area (Å²) in [5, 5.41) is 14.4. The molecule has 0 saturated carbocycles. The van der Waals surface area contributed by atoms with Crippen molar-refractivity contribution in [1.29, 1.82) is 0 Å². The highest BCUT2D eigenvalue weighted by Gasteiger charge is 2.43. The van der Waals surface area contributed by atoms with Crippen molar-refractivity contribution in [2.45, 2.75) is 38.6 Å². The molecule has 3 heterocycles. The topological polar surface area (TPSA) is 108 Å². The van der Waals surface area contributed by atoms with Crippen molar-refractivity contribution >= 4 is 9.84 Å². The van der Waals surface area contributed by atoms with E-state index in [0.29, 0.717) is 33.8 Å². The SMILES string of the molecule is Cc1cn(-c2ccc(-c3ccc(CO)c(S(C)(=O)=O)c3)cc2-c2cc(C)nn2-c2ccc3c(c2)OC(F)(F)O3)c(C)n1. The molecule has 0 atom stereocenters. The Morgan fingerprint density at radius 2 is 1.62 bits per heavy atom. The number of alkyl halides is 2. The predicted octanol–water partition coefficient (Wildman–Crippen LogP) is 5.53. The van der Waals surface area contributed by atoms with Crippen LogP contribution in [0.2, 0.25) is 0 Å². The standard InChI is InChI=1S/C30H26F2N4O5S/c1-17-11-26(36(34-17)23-8-10-27-28(14-23)41-30(31,32)40-27)24-12-20(7-9-25(24)35-15-18(2)33-19(35)3)21-5-6-22(16-37)29(13-21)42(4,38)39/h5-15,37H,16H2,1-4H3. The number of hydrogen-bond acceptors (Lipinski definition) is 7. The van der Waals surface area contributed by atoms with Crippen LogP contribution < -0.4 is 9.47 Å². The minimum atomic E-state index is -3.75. The van der Waals surface area contributed by atoms with Crippen LogP contribution in [0.15, 0.2) is 71.8 Å². The second-order valence-electron chi connectivity index (χ2n) is 10.2. The Labute approximate surface area is 240 Å². The normalized spacial score (nSPS) is 14.0. The van der Waals surface area contributed by atoms with E-state index in [9.17, 15) is 22.3 Å². The number of fused-ring (bicyclic) bond motifs is 1. The van der Waals surface area contributed by atoms with Gasteiger partial charge in [0.1, 0.15) is 5.82 Å². The van der Waals surface area contributed by atoms with Crippen LogP contribution in [-0.4, -0.2) is 45.4 Å². The van der Waals surface area contributed by atoms with Crippen LogP contribution in [0.5, 0.6) is 11.5 Å². The summed E-state index contributed by atoms with van der Waals surface area (Å²) in [6, 6.07) is 16.9. The Hall–Kier alpha value is -4.55. The number of aromatic nitrogens is 4. The first-order chi connectivity index (χ1) is 19.8. The number of nitrogens with zero attached hydrogens (tertiary/aromatic N) is 4. The summed E-state index contributed by atoms with van der Waals surface area (Å²) in [6.07, 6.45) is -0.743. The molecule has 216 valence electrons. The monoisotopic (exact) mass is 592 g/mol. The molecule has 12 heteroatoms. The first-order valence-corrected chi connectivity index (χ1v) is 14.8. The number of ether oxygens (including phenoxy) is 2. The van der Waals surface area contributed by atoms with Crippen LogP contribution in [-0.2, 0) is 16.4 Å². The highest BCUT2D eigenvalue weighted by Crippen LogP contribution is 2.43. The molecule has 1 aliphatic heterocycles. The van der Waals surface area contributed by atoms with Crippen LogP contribution in [0, 0.1) is 20.8 Å². The lowest BCUT2D eigenvalue weighted by Gasteiger charge is -2.16. The van der Waals surface area contributed by atoms with Crippen molar-refractivity contribution in [3.05, 3.63) is 89.6 Å². The third-order valence-corrected chi connectivity index (χ3v) is 8.15. The van der Waals surface area contributed by atoms with Crippen molar-refractivity contribution in [2.75, 3.05) is 6.26 Å². The number of halogens is 2. The lowest BCUT2D eigenvalue weighted by Crippen LogP contribution is -2.25. The third-order valence-electron chi connectivity index (χ3n) is 6.97. The molecule has 0 aliphatic carbocycles. The van der Waals surface area contributed by atoms with E-state index >= 15 is 0 Å². The van der Waals surface area contributed by atoms with Crippen LogP contribution >= 0.6 is 0 Å². The van der Waals surface area contributed by atoms with Gasteiger partial charge in [0.25, 0.3) is 0 Å². The van der Waals surface area contributed by atoms with Crippen molar-refractivity contribution in [2.24, 2.45) is 0 Å². The number of aliphatic hydroxyl groups is 1. The van der Waals surface area contributed by atoms with Gasteiger partial charge in [-0.3, -0.25) is 0 Å². The van der Waals surface area contributed by atoms with Gasteiger partial charge in [-0.05, 0) is 73.9 Å². The van der Waals surface area contributed by atoms with Crippen molar-refractivity contribution in [1.82, 2.24) is 19.3 Å². The summed E-state index contributed by atoms with van der Waals surface area (Å²) in [5.74, 6) is 0.569. The Morgan fingerprint density at radius 1 is 0.905 bits per heavy atom. The smallest absolute Gasteiger partial charge is 0.395 e. The highest BCUT2D eigenvalue weighted by atomic mass is 32.2. The molecule has 2 aromatic heterocycles. The average molecular weight is 593 g/mol. The molecule has 0 spiro atoms. The second kappa shape index (κ2) is 9.78. The van der Waals surface area contributed by atoms with E-state index in [0.717, 1.165) is 29.0 Å². The quantitative estimate of drug-likeness (QED) is 0.276. The van der Waals surface area contributed by atoms with E-state index in [1.807, 2.05) is 55.8 Å². The summed E-state index contributed by atoms with van der Waals surface area (Å²) in [4.78, 5) is 4.60.